The highest BCUT2D eigenvalue weighted by atomic mass is 15.1. The topological polar surface area (TPSA) is 3.24 Å². The van der Waals surface area contributed by atoms with E-state index in [9.17, 15) is 0 Å². The molecule has 0 saturated carbocycles. The molecule has 1 heteroatoms. The highest BCUT2D eigenvalue weighted by Crippen LogP contribution is 2.55. The monoisotopic (exact) mass is 461 g/mol. The van der Waals surface area contributed by atoms with E-state index in [1.165, 1.54) is 60.9 Å². The Hall–Kier alpha value is -4.36. The lowest BCUT2D eigenvalue weighted by Gasteiger charge is -2.30. The highest BCUT2D eigenvalue weighted by Gasteiger charge is 2.37. The predicted octanol–water partition coefficient (Wildman–Crippen LogP) is 9.77. The summed E-state index contributed by atoms with van der Waals surface area (Å²) in [6.45, 7) is 4.70. The van der Waals surface area contributed by atoms with Gasteiger partial charge in [-0.05, 0) is 45.7 Å². The Labute approximate surface area is 212 Å². The van der Waals surface area contributed by atoms with Gasteiger partial charge in [0.1, 0.15) is 0 Å². The largest absolute Gasteiger partial charge is 0.309 e. The van der Waals surface area contributed by atoms with Gasteiger partial charge in [-0.3, -0.25) is 0 Å². The molecule has 6 aromatic carbocycles. The molecule has 1 nitrogen and oxygen atoms in total. The van der Waals surface area contributed by atoms with Crippen molar-refractivity contribution in [1.82, 2.24) is 0 Å². The summed E-state index contributed by atoms with van der Waals surface area (Å²) in [5.74, 6) is 0. The van der Waals surface area contributed by atoms with Crippen molar-refractivity contribution < 1.29 is 0 Å². The van der Waals surface area contributed by atoms with Crippen LogP contribution in [0.15, 0.2) is 127 Å². The Kier molecular flexibility index (Phi) is 4.56. The van der Waals surface area contributed by atoms with Crippen LogP contribution in [0.5, 0.6) is 0 Å². The van der Waals surface area contributed by atoms with Crippen molar-refractivity contribution in [1.29, 1.82) is 0 Å². The normalized spacial score (nSPS) is 13.5. The Bertz CT molecular complexity index is 1690. The Balaban J connectivity index is 1.62. The molecular formula is C35H27N. The van der Waals surface area contributed by atoms with Crippen LogP contribution >= 0.6 is 0 Å². The van der Waals surface area contributed by atoms with E-state index in [1.807, 2.05) is 0 Å². The average Bonchev–Trinajstić information content (AvgIpc) is 3.16. The zero-order valence-electron chi connectivity index (χ0n) is 20.6. The second kappa shape index (κ2) is 7.83. The number of hydrogen-bond acceptors (Lipinski definition) is 1. The first kappa shape index (κ1) is 21.0. The molecule has 6 aromatic rings. The molecule has 0 saturated heterocycles. The number of hydrogen-bond donors (Lipinski definition) is 0. The van der Waals surface area contributed by atoms with E-state index >= 15 is 0 Å². The van der Waals surface area contributed by atoms with Crippen LogP contribution in [-0.4, -0.2) is 0 Å². The second-order valence-corrected chi connectivity index (χ2v) is 10.2. The molecule has 0 aliphatic heterocycles. The summed E-state index contributed by atoms with van der Waals surface area (Å²) in [4.78, 5) is 2.49. The summed E-state index contributed by atoms with van der Waals surface area (Å²) in [5.41, 5.74) is 9.00. The Morgan fingerprint density at radius 1 is 0.444 bits per heavy atom. The van der Waals surface area contributed by atoms with E-state index in [0.717, 1.165) is 0 Å². The van der Waals surface area contributed by atoms with E-state index in [4.69, 9.17) is 0 Å². The van der Waals surface area contributed by atoms with Gasteiger partial charge in [-0.1, -0.05) is 123 Å². The first-order chi connectivity index (χ1) is 17.6. The maximum Gasteiger partial charge on any atom is 0.0543 e. The summed E-state index contributed by atoms with van der Waals surface area (Å²) in [5, 5.41) is 4.98. The van der Waals surface area contributed by atoms with Crippen LogP contribution in [0.3, 0.4) is 0 Å². The molecule has 1 aliphatic carbocycles. The van der Waals surface area contributed by atoms with E-state index in [-0.39, 0.29) is 5.41 Å². The molecule has 0 radical (unpaired) electrons. The van der Waals surface area contributed by atoms with Gasteiger partial charge in [0.15, 0.2) is 0 Å². The first-order valence-electron chi connectivity index (χ1n) is 12.6. The van der Waals surface area contributed by atoms with Crippen molar-refractivity contribution in [3.05, 3.63) is 139 Å². The van der Waals surface area contributed by atoms with Crippen LogP contribution in [0.1, 0.15) is 25.0 Å². The van der Waals surface area contributed by atoms with Crippen molar-refractivity contribution in [2.45, 2.75) is 19.3 Å². The fraction of sp³-hybridized carbons (Fsp3) is 0.0857. The van der Waals surface area contributed by atoms with Crippen LogP contribution in [0.2, 0.25) is 0 Å². The molecule has 0 bridgehead atoms. The molecule has 0 amide bonds. The predicted molar refractivity (Wildman–Crippen MR) is 154 cm³/mol. The zero-order valence-corrected chi connectivity index (χ0v) is 20.6. The third-order valence-corrected chi connectivity index (χ3v) is 7.84. The molecule has 172 valence electrons. The molecule has 1 aliphatic rings. The van der Waals surface area contributed by atoms with Gasteiger partial charge in [0, 0.05) is 21.8 Å². The third kappa shape index (κ3) is 2.96. The minimum Gasteiger partial charge on any atom is -0.309 e. The fourth-order valence-electron chi connectivity index (χ4n) is 6.12. The van der Waals surface area contributed by atoms with Gasteiger partial charge in [0.2, 0.25) is 0 Å². The Morgan fingerprint density at radius 2 is 0.917 bits per heavy atom. The summed E-state index contributed by atoms with van der Waals surface area (Å²) in [7, 11) is 0. The average molecular weight is 462 g/mol. The summed E-state index contributed by atoms with van der Waals surface area (Å²) >= 11 is 0. The second-order valence-electron chi connectivity index (χ2n) is 10.2. The number of rotatable bonds is 3. The highest BCUT2D eigenvalue weighted by molar-refractivity contribution is 6.07. The van der Waals surface area contributed by atoms with Gasteiger partial charge < -0.3 is 4.90 Å². The van der Waals surface area contributed by atoms with Crippen molar-refractivity contribution in [2.75, 3.05) is 4.90 Å². The molecule has 0 spiro atoms. The van der Waals surface area contributed by atoms with Crippen LogP contribution in [0.25, 0.3) is 32.7 Å². The number of anilines is 3. The summed E-state index contributed by atoms with van der Waals surface area (Å²) in [6.07, 6.45) is 0. The standard InChI is InChI=1S/C35H27N/c1-35(2)29-19-8-7-18-28(29)34-30(35)20-11-23-33(34)36(31-21-9-14-24-12-3-5-16-26(24)31)32-22-10-15-25-13-4-6-17-27(25)32/h3-23H,1-2H3. The van der Waals surface area contributed by atoms with Crippen molar-refractivity contribution in [3.8, 4) is 11.1 Å². The van der Waals surface area contributed by atoms with Crippen molar-refractivity contribution in [3.63, 3.8) is 0 Å². The molecule has 0 aromatic heterocycles. The summed E-state index contributed by atoms with van der Waals surface area (Å²) in [6, 6.07) is 46.4. The lowest BCUT2D eigenvalue weighted by Crippen LogP contribution is -2.16. The quantitative estimate of drug-likeness (QED) is 0.253. The van der Waals surface area contributed by atoms with E-state index in [0.29, 0.717) is 0 Å². The molecule has 36 heavy (non-hydrogen) atoms. The van der Waals surface area contributed by atoms with Crippen LogP contribution in [0.4, 0.5) is 17.1 Å². The van der Waals surface area contributed by atoms with Crippen LogP contribution in [-0.2, 0) is 5.41 Å². The van der Waals surface area contributed by atoms with Gasteiger partial charge in [0.05, 0.1) is 17.1 Å². The smallest absolute Gasteiger partial charge is 0.0543 e. The lowest BCUT2D eigenvalue weighted by atomic mass is 9.82. The van der Waals surface area contributed by atoms with E-state index in [2.05, 4.69) is 146 Å². The van der Waals surface area contributed by atoms with Crippen molar-refractivity contribution >= 4 is 38.6 Å². The van der Waals surface area contributed by atoms with Gasteiger partial charge in [0.25, 0.3) is 0 Å². The lowest BCUT2D eigenvalue weighted by molar-refractivity contribution is 0.660. The minimum atomic E-state index is -0.0505. The molecule has 0 N–H and O–H groups in total. The number of fused-ring (bicyclic) bond motifs is 5. The maximum atomic E-state index is 2.49. The Morgan fingerprint density at radius 3 is 1.58 bits per heavy atom. The third-order valence-electron chi connectivity index (χ3n) is 7.84. The molecule has 0 atom stereocenters. The van der Waals surface area contributed by atoms with Gasteiger partial charge in [-0.25, -0.2) is 0 Å². The zero-order chi connectivity index (χ0) is 24.3. The van der Waals surface area contributed by atoms with E-state index in [1.54, 1.807) is 0 Å². The van der Waals surface area contributed by atoms with Crippen LogP contribution < -0.4 is 4.90 Å². The molecular weight excluding hydrogens is 434 g/mol. The molecule has 7 rings (SSSR count). The molecule has 0 fully saturated rings. The van der Waals surface area contributed by atoms with E-state index < -0.39 is 0 Å². The maximum absolute atomic E-state index is 2.49. The van der Waals surface area contributed by atoms with Gasteiger partial charge in [-0.2, -0.15) is 0 Å². The molecule has 0 heterocycles. The summed E-state index contributed by atoms with van der Waals surface area (Å²) < 4.78 is 0. The van der Waals surface area contributed by atoms with Gasteiger partial charge >= 0.3 is 0 Å². The van der Waals surface area contributed by atoms with Crippen LogP contribution in [0, 0.1) is 0 Å². The number of benzene rings is 6. The fourth-order valence-corrected chi connectivity index (χ4v) is 6.12. The van der Waals surface area contributed by atoms with Crippen molar-refractivity contribution in [2.24, 2.45) is 0 Å². The molecule has 0 unspecified atom stereocenters. The first-order valence-corrected chi connectivity index (χ1v) is 12.6. The van der Waals surface area contributed by atoms with Gasteiger partial charge in [-0.15, -0.1) is 0 Å². The minimum absolute atomic E-state index is 0.0505. The SMILES string of the molecule is CC1(C)c2ccccc2-c2c(N(c3cccc4ccccc34)c3cccc4ccccc34)cccc21. The number of nitrogens with zero attached hydrogens (tertiary/aromatic N) is 1.